The van der Waals surface area contributed by atoms with E-state index in [4.69, 9.17) is 10.5 Å². The Balaban J connectivity index is 1.64. The molecule has 7 nitrogen and oxygen atoms in total. The number of likely N-dealkylation sites (N-methyl/N-ethyl adjacent to an activating group) is 1. The second kappa shape index (κ2) is 6.86. The number of aromatic nitrogens is 2. The summed E-state index contributed by atoms with van der Waals surface area (Å²) in [4.78, 5) is 6.76. The van der Waals surface area contributed by atoms with Crippen molar-refractivity contribution in [3.05, 3.63) is 18.3 Å². The first kappa shape index (κ1) is 16.9. The molecular weight excluding hydrogens is 304 g/mol. The third-order valence-corrected chi connectivity index (χ3v) is 4.74. The smallest absolute Gasteiger partial charge is 0.257 e. The predicted octanol–water partition coefficient (Wildman–Crippen LogP) is 0.997. The Bertz CT molecular complexity index is 696. The van der Waals surface area contributed by atoms with E-state index in [9.17, 15) is 0 Å². The first-order chi connectivity index (χ1) is 11.5. The van der Waals surface area contributed by atoms with Crippen LogP contribution in [0.15, 0.2) is 18.3 Å². The van der Waals surface area contributed by atoms with Crippen molar-refractivity contribution in [2.24, 2.45) is 0 Å². The summed E-state index contributed by atoms with van der Waals surface area (Å²) < 4.78 is 7.67. The van der Waals surface area contributed by atoms with Gasteiger partial charge in [-0.25, -0.2) is 4.52 Å². The number of rotatable bonds is 6. The van der Waals surface area contributed by atoms with Gasteiger partial charge in [0, 0.05) is 39.4 Å². The second-order valence-corrected chi connectivity index (χ2v) is 6.86. The number of nitrogens with two attached hydrogens (primary N) is 1. The lowest BCUT2D eigenvalue weighted by Gasteiger charge is -2.20. The zero-order valence-electron chi connectivity index (χ0n) is 15.1. The minimum Gasteiger partial charge on any atom is -0.474 e. The van der Waals surface area contributed by atoms with Gasteiger partial charge in [0.15, 0.2) is 0 Å². The van der Waals surface area contributed by atoms with Gasteiger partial charge >= 0.3 is 0 Å². The molecular formula is C17H28N6O. The molecule has 1 fully saturated rings. The highest BCUT2D eigenvalue weighted by molar-refractivity contribution is 5.87. The lowest BCUT2D eigenvalue weighted by molar-refractivity contribution is 0.217. The Hall–Kier alpha value is -1.99. The minimum atomic E-state index is 0.521. The number of nitrogen functional groups attached to an aromatic ring is 1. The molecule has 0 radical (unpaired) electrons. The van der Waals surface area contributed by atoms with E-state index in [1.807, 2.05) is 37.3 Å². The normalized spacial score (nSPS) is 18.6. The topological polar surface area (TPSA) is 62.3 Å². The maximum Gasteiger partial charge on any atom is 0.257 e. The molecule has 2 aromatic heterocycles. The Kier molecular flexibility index (Phi) is 4.82. The highest BCUT2D eigenvalue weighted by Gasteiger charge is 2.23. The Morgan fingerprint density at radius 3 is 2.79 bits per heavy atom. The maximum atomic E-state index is 6.28. The van der Waals surface area contributed by atoms with Gasteiger partial charge in [0.2, 0.25) is 0 Å². The fourth-order valence-corrected chi connectivity index (χ4v) is 3.26. The summed E-state index contributed by atoms with van der Waals surface area (Å²) in [7, 11) is 8.28. The van der Waals surface area contributed by atoms with Gasteiger partial charge in [-0.05, 0) is 39.2 Å². The van der Waals surface area contributed by atoms with Crippen LogP contribution in [0.2, 0.25) is 0 Å². The Labute approximate surface area is 143 Å². The van der Waals surface area contributed by atoms with Crippen molar-refractivity contribution in [3.8, 4) is 5.88 Å². The van der Waals surface area contributed by atoms with Gasteiger partial charge in [-0.1, -0.05) is 0 Å². The molecule has 0 spiro atoms. The van der Waals surface area contributed by atoms with Crippen LogP contribution in [0, 0.1) is 0 Å². The van der Waals surface area contributed by atoms with Gasteiger partial charge in [0.05, 0.1) is 5.69 Å². The largest absolute Gasteiger partial charge is 0.474 e. The quantitative estimate of drug-likeness (QED) is 0.851. The van der Waals surface area contributed by atoms with Crippen LogP contribution in [0.25, 0.3) is 5.52 Å². The number of anilines is 2. The summed E-state index contributed by atoms with van der Waals surface area (Å²) in [5, 5.41) is 4.48. The van der Waals surface area contributed by atoms with E-state index in [0.29, 0.717) is 24.2 Å². The summed E-state index contributed by atoms with van der Waals surface area (Å²) >= 11 is 0. The third kappa shape index (κ3) is 3.27. The van der Waals surface area contributed by atoms with Crippen LogP contribution >= 0.6 is 0 Å². The molecule has 7 heteroatoms. The molecule has 3 rings (SSSR count). The number of likely N-dealkylation sites (tertiary alicyclic amines) is 1. The van der Waals surface area contributed by atoms with Gasteiger partial charge < -0.3 is 20.3 Å². The standard InChI is InChI=1S/C17H28N6O/c1-20(2)13-7-9-22(12-13)10-11-24-17-15(18)16-14(21(3)4)6-5-8-23(16)19-17/h5-6,8,13H,7,9-12,18H2,1-4H3. The summed E-state index contributed by atoms with van der Waals surface area (Å²) in [5.41, 5.74) is 8.81. The number of hydrogen-bond acceptors (Lipinski definition) is 6. The van der Waals surface area contributed by atoms with Crippen LogP contribution in [-0.4, -0.2) is 79.9 Å². The molecule has 132 valence electrons. The van der Waals surface area contributed by atoms with Crippen molar-refractivity contribution in [1.29, 1.82) is 0 Å². The highest BCUT2D eigenvalue weighted by Crippen LogP contribution is 2.31. The van der Waals surface area contributed by atoms with Crippen molar-refractivity contribution < 1.29 is 4.74 Å². The van der Waals surface area contributed by atoms with Crippen LogP contribution in [0.3, 0.4) is 0 Å². The monoisotopic (exact) mass is 332 g/mol. The lowest BCUT2D eigenvalue weighted by Crippen LogP contribution is -2.33. The predicted molar refractivity (Wildman–Crippen MR) is 98.0 cm³/mol. The molecule has 1 saturated heterocycles. The number of pyridine rings is 1. The fraction of sp³-hybridized carbons (Fsp3) is 0.588. The van der Waals surface area contributed by atoms with Crippen molar-refractivity contribution in [1.82, 2.24) is 19.4 Å². The Morgan fingerprint density at radius 2 is 2.12 bits per heavy atom. The van der Waals surface area contributed by atoms with Gasteiger partial charge in [-0.3, -0.25) is 4.90 Å². The maximum absolute atomic E-state index is 6.28. The summed E-state index contributed by atoms with van der Waals surface area (Å²) in [6, 6.07) is 4.64. The van der Waals surface area contributed by atoms with Crippen molar-refractivity contribution in [2.75, 3.05) is 65.1 Å². The van der Waals surface area contributed by atoms with E-state index in [-0.39, 0.29) is 0 Å². The number of hydrogen-bond donors (Lipinski definition) is 1. The van der Waals surface area contributed by atoms with Crippen LogP contribution < -0.4 is 15.4 Å². The first-order valence-electron chi connectivity index (χ1n) is 8.43. The molecule has 0 bridgehead atoms. The molecule has 1 unspecified atom stereocenters. The molecule has 0 aromatic carbocycles. The van der Waals surface area contributed by atoms with E-state index in [2.05, 4.69) is 29.0 Å². The lowest BCUT2D eigenvalue weighted by atomic mass is 10.2. The van der Waals surface area contributed by atoms with Gasteiger partial charge in [0.1, 0.15) is 17.8 Å². The highest BCUT2D eigenvalue weighted by atomic mass is 16.5. The van der Waals surface area contributed by atoms with E-state index < -0.39 is 0 Å². The number of ether oxygens (including phenoxy) is 1. The molecule has 24 heavy (non-hydrogen) atoms. The summed E-state index contributed by atoms with van der Waals surface area (Å²) in [6.45, 7) is 3.73. The van der Waals surface area contributed by atoms with Crippen molar-refractivity contribution in [2.45, 2.75) is 12.5 Å². The average molecular weight is 332 g/mol. The number of fused-ring (bicyclic) bond motifs is 1. The van der Waals surface area contributed by atoms with Gasteiger partial charge in [0.25, 0.3) is 5.88 Å². The first-order valence-corrected chi connectivity index (χ1v) is 8.43. The second-order valence-electron chi connectivity index (χ2n) is 6.86. The summed E-state index contributed by atoms with van der Waals surface area (Å²) in [6.07, 6.45) is 3.11. The van der Waals surface area contributed by atoms with Gasteiger partial charge in [-0.2, -0.15) is 0 Å². The zero-order valence-corrected chi connectivity index (χ0v) is 15.1. The van der Waals surface area contributed by atoms with E-state index in [1.165, 1.54) is 6.42 Å². The van der Waals surface area contributed by atoms with Crippen LogP contribution in [0.4, 0.5) is 11.4 Å². The molecule has 1 atom stereocenters. The molecule has 0 saturated carbocycles. The van der Waals surface area contributed by atoms with Crippen LogP contribution in [-0.2, 0) is 0 Å². The van der Waals surface area contributed by atoms with Crippen molar-refractivity contribution in [3.63, 3.8) is 0 Å². The van der Waals surface area contributed by atoms with Crippen molar-refractivity contribution >= 4 is 16.9 Å². The molecule has 1 aliphatic heterocycles. The third-order valence-electron chi connectivity index (χ3n) is 4.74. The molecule has 0 amide bonds. The molecule has 2 aromatic rings. The fourth-order valence-electron chi connectivity index (χ4n) is 3.26. The van der Waals surface area contributed by atoms with Crippen LogP contribution in [0.1, 0.15) is 6.42 Å². The van der Waals surface area contributed by atoms with Crippen LogP contribution in [0.5, 0.6) is 5.88 Å². The average Bonchev–Trinajstić information content (AvgIpc) is 3.13. The Morgan fingerprint density at radius 1 is 1.33 bits per heavy atom. The van der Waals surface area contributed by atoms with E-state index in [1.54, 1.807) is 4.52 Å². The van der Waals surface area contributed by atoms with Gasteiger partial charge in [-0.15, -0.1) is 5.10 Å². The zero-order chi connectivity index (χ0) is 17.3. The molecule has 1 aliphatic rings. The molecule has 2 N–H and O–H groups in total. The SMILES string of the molecule is CN(C)c1cccn2nc(OCCN3CCC(N(C)C)C3)c(N)c12. The van der Waals surface area contributed by atoms with E-state index >= 15 is 0 Å². The number of nitrogens with zero attached hydrogens (tertiary/aromatic N) is 5. The van der Waals surface area contributed by atoms with E-state index in [0.717, 1.165) is 30.8 Å². The summed E-state index contributed by atoms with van der Waals surface area (Å²) in [5.74, 6) is 0.521. The molecule has 3 heterocycles. The minimum absolute atomic E-state index is 0.521. The molecule has 0 aliphatic carbocycles.